The Morgan fingerprint density at radius 2 is 2.11 bits per heavy atom. The van der Waals surface area contributed by atoms with Gasteiger partial charge in [0.2, 0.25) is 0 Å². The summed E-state index contributed by atoms with van der Waals surface area (Å²) >= 11 is 5.89. The number of anilines is 1. The fourth-order valence-electron chi connectivity index (χ4n) is 1.71. The highest BCUT2D eigenvalue weighted by Gasteiger charge is 2.01. The molecule has 3 nitrogen and oxygen atoms in total. The summed E-state index contributed by atoms with van der Waals surface area (Å²) in [6.45, 7) is 0.656. The molecule has 0 heterocycles. The highest BCUT2D eigenvalue weighted by Crippen LogP contribution is 2.20. The minimum atomic E-state index is 0.467. The summed E-state index contributed by atoms with van der Waals surface area (Å²) in [6, 6.07) is 15.2. The number of benzene rings is 2. The third kappa shape index (κ3) is 3.40. The van der Waals surface area contributed by atoms with E-state index in [4.69, 9.17) is 21.6 Å². The van der Waals surface area contributed by atoms with Crippen LogP contribution in [-0.2, 0) is 6.54 Å². The van der Waals surface area contributed by atoms with E-state index in [0.29, 0.717) is 17.1 Å². The molecule has 2 aromatic rings. The van der Waals surface area contributed by atoms with E-state index in [1.54, 1.807) is 19.2 Å². The molecule has 0 saturated heterocycles. The molecule has 4 heteroatoms. The molecular formula is C15H13ClN2O. The Balaban J connectivity index is 2.08. The number of hydrogen-bond donors (Lipinski definition) is 1. The number of methoxy groups -OCH3 is 1. The molecular weight excluding hydrogens is 260 g/mol. The molecule has 0 aliphatic carbocycles. The minimum Gasteiger partial charge on any atom is -0.497 e. The Hall–Kier alpha value is -2.18. The quantitative estimate of drug-likeness (QED) is 0.920. The van der Waals surface area contributed by atoms with Crippen molar-refractivity contribution in [3.05, 3.63) is 58.6 Å². The van der Waals surface area contributed by atoms with Crippen LogP contribution in [0.15, 0.2) is 42.5 Å². The lowest BCUT2D eigenvalue weighted by atomic mass is 10.2. The van der Waals surface area contributed by atoms with Crippen LogP contribution in [0.4, 0.5) is 5.69 Å². The molecule has 2 aromatic carbocycles. The average molecular weight is 273 g/mol. The van der Waals surface area contributed by atoms with Gasteiger partial charge in [0, 0.05) is 12.2 Å². The molecule has 0 spiro atoms. The van der Waals surface area contributed by atoms with Crippen molar-refractivity contribution in [2.75, 3.05) is 12.4 Å². The van der Waals surface area contributed by atoms with Gasteiger partial charge in [-0.2, -0.15) is 5.26 Å². The van der Waals surface area contributed by atoms with E-state index in [1.807, 2.05) is 30.3 Å². The lowest BCUT2D eigenvalue weighted by Gasteiger charge is -2.08. The second-order valence-electron chi connectivity index (χ2n) is 4.01. The van der Waals surface area contributed by atoms with Crippen LogP contribution >= 0.6 is 11.6 Å². The second-order valence-corrected chi connectivity index (χ2v) is 4.42. The molecule has 96 valence electrons. The van der Waals surface area contributed by atoms with Crippen LogP contribution in [0.5, 0.6) is 5.75 Å². The zero-order valence-electron chi connectivity index (χ0n) is 10.5. The SMILES string of the molecule is COc1cccc(CNc2ccc(Cl)c(C#N)c2)c1. The molecule has 0 bridgehead atoms. The molecule has 0 radical (unpaired) electrons. The Kier molecular flexibility index (Phi) is 4.27. The fraction of sp³-hybridized carbons (Fsp3) is 0.133. The van der Waals surface area contributed by atoms with Gasteiger partial charge in [-0.25, -0.2) is 0 Å². The van der Waals surface area contributed by atoms with Gasteiger partial charge in [0.15, 0.2) is 0 Å². The highest BCUT2D eigenvalue weighted by atomic mass is 35.5. The topological polar surface area (TPSA) is 45.0 Å². The highest BCUT2D eigenvalue weighted by molar-refractivity contribution is 6.31. The summed E-state index contributed by atoms with van der Waals surface area (Å²) in [5.74, 6) is 0.827. The van der Waals surface area contributed by atoms with Gasteiger partial charge in [-0.15, -0.1) is 0 Å². The van der Waals surface area contributed by atoms with Gasteiger partial charge in [-0.1, -0.05) is 23.7 Å². The van der Waals surface area contributed by atoms with Crippen molar-refractivity contribution >= 4 is 17.3 Å². The summed E-state index contributed by atoms with van der Waals surface area (Å²) < 4.78 is 5.17. The normalized spacial score (nSPS) is 9.74. The van der Waals surface area contributed by atoms with Crippen molar-refractivity contribution in [1.82, 2.24) is 0 Å². The Morgan fingerprint density at radius 1 is 1.26 bits per heavy atom. The largest absolute Gasteiger partial charge is 0.497 e. The van der Waals surface area contributed by atoms with Crippen LogP contribution < -0.4 is 10.1 Å². The molecule has 0 atom stereocenters. The number of halogens is 1. The Labute approximate surface area is 117 Å². The molecule has 0 aliphatic heterocycles. The summed E-state index contributed by atoms with van der Waals surface area (Å²) in [4.78, 5) is 0. The van der Waals surface area contributed by atoms with Crippen molar-refractivity contribution in [3.63, 3.8) is 0 Å². The van der Waals surface area contributed by atoms with Crippen LogP contribution in [0.25, 0.3) is 0 Å². The van der Waals surface area contributed by atoms with Crippen LogP contribution in [0.2, 0.25) is 5.02 Å². The molecule has 0 fully saturated rings. The number of ether oxygens (including phenoxy) is 1. The number of nitriles is 1. The summed E-state index contributed by atoms with van der Waals surface area (Å²) in [6.07, 6.45) is 0. The molecule has 0 aliphatic rings. The molecule has 0 unspecified atom stereocenters. The fourth-order valence-corrected chi connectivity index (χ4v) is 1.87. The first-order valence-corrected chi connectivity index (χ1v) is 6.17. The number of rotatable bonds is 4. The summed E-state index contributed by atoms with van der Waals surface area (Å²) in [5, 5.41) is 12.6. The predicted molar refractivity (Wildman–Crippen MR) is 76.5 cm³/mol. The molecule has 0 amide bonds. The maximum atomic E-state index is 8.92. The standard InChI is InChI=1S/C15H13ClN2O/c1-19-14-4-2-3-11(7-14)10-18-13-5-6-15(16)12(8-13)9-17/h2-8,18H,10H2,1H3. The Morgan fingerprint density at radius 3 is 2.84 bits per heavy atom. The molecule has 0 aromatic heterocycles. The first-order chi connectivity index (χ1) is 9.22. The van der Waals surface area contributed by atoms with Gasteiger partial charge in [-0.3, -0.25) is 0 Å². The van der Waals surface area contributed by atoms with E-state index in [1.165, 1.54) is 0 Å². The predicted octanol–water partition coefficient (Wildman–Crippen LogP) is 3.83. The van der Waals surface area contributed by atoms with Crippen molar-refractivity contribution < 1.29 is 4.74 Å². The number of nitrogens with one attached hydrogen (secondary N) is 1. The van der Waals surface area contributed by atoms with Crippen molar-refractivity contribution in [2.24, 2.45) is 0 Å². The maximum Gasteiger partial charge on any atom is 0.119 e. The van der Waals surface area contributed by atoms with Gasteiger partial charge in [0.05, 0.1) is 17.7 Å². The minimum absolute atomic E-state index is 0.467. The monoisotopic (exact) mass is 272 g/mol. The molecule has 19 heavy (non-hydrogen) atoms. The van der Waals surface area contributed by atoms with Crippen LogP contribution in [0.3, 0.4) is 0 Å². The number of nitrogens with zero attached hydrogens (tertiary/aromatic N) is 1. The van der Waals surface area contributed by atoms with Crippen molar-refractivity contribution in [3.8, 4) is 11.8 Å². The number of hydrogen-bond acceptors (Lipinski definition) is 3. The van der Waals surface area contributed by atoms with E-state index in [2.05, 4.69) is 11.4 Å². The molecule has 2 rings (SSSR count). The molecule has 0 saturated carbocycles. The first kappa shape index (κ1) is 13.3. The van der Waals surface area contributed by atoms with E-state index >= 15 is 0 Å². The van der Waals surface area contributed by atoms with E-state index in [-0.39, 0.29) is 0 Å². The zero-order valence-corrected chi connectivity index (χ0v) is 11.2. The second kappa shape index (κ2) is 6.12. The Bertz CT molecular complexity index is 620. The smallest absolute Gasteiger partial charge is 0.119 e. The van der Waals surface area contributed by atoms with Gasteiger partial charge in [0.1, 0.15) is 11.8 Å². The van der Waals surface area contributed by atoms with Crippen molar-refractivity contribution in [1.29, 1.82) is 5.26 Å². The van der Waals surface area contributed by atoms with Gasteiger partial charge in [-0.05, 0) is 35.9 Å². The first-order valence-electron chi connectivity index (χ1n) is 5.79. The summed E-state index contributed by atoms with van der Waals surface area (Å²) in [7, 11) is 1.64. The van der Waals surface area contributed by atoms with Crippen LogP contribution in [0.1, 0.15) is 11.1 Å². The van der Waals surface area contributed by atoms with Gasteiger partial charge < -0.3 is 10.1 Å². The van der Waals surface area contributed by atoms with Gasteiger partial charge >= 0.3 is 0 Å². The van der Waals surface area contributed by atoms with Crippen LogP contribution in [0, 0.1) is 11.3 Å². The average Bonchev–Trinajstić information content (AvgIpc) is 2.46. The lowest BCUT2D eigenvalue weighted by molar-refractivity contribution is 0.414. The summed E-state index contributed by atoms with van der Waals surface area (Å²) in [5.41, 5.74) is 2.44. The third-order valence-electron chi connectivity index (χ3n) is 2.72. The molecule has 1 N–H and O–H groups in total. The van der Waals surface area contributed by atoms with Crippen molar-refractivity contribution in [2.45, 2.75) is 6.54 Å². The van der Waals surface area contributed by atoms with E-state index in [9.17, 15) is 0 Å². The lowest BCUT2D eigenvalue weighted by Crippen LogP contribution is -2.00. The van der Waals surface area contributed by atoms with Crippen LogP contribution in [-0.4, -0.2) is 7.11 Å². The zero-order chi connectivity index (χ0) is 13.7. The third-order valence-corrected chi connectivity index (χ3v) is 3.05. The van der Waals surface area contributed by atoms with E-state index < -0.39 is 0 Å². The van der Waals surface area contributed by atoms with E-state index in [0.717, 1.165) is 17.0 Å². The van der Waals surface area contributed by atoms with Gasteiger partial charge in [0.25, 0.3) is 0 Å². The maximum absolute atomic E-state index is 8.92.